The molecule has 0 bridgehead atoms. The lowest BCUT2D eigenvalue weighted by Crippen LogP contribution is -2.20. The summed E-state index contributed by atoms with van der Waals surface area (Å²) in [7, 11) is 0. The number of hydrogen-bond acceptors (Lipinski definition) is 6. The number of amides is 1. The van der Waals surface area contributed by atoms with Crippen molar-refractivity contribution in [2.24, 2.45) is 0 Å². The highest BCUT2D eigenvalue weighted by atomic mass is 32.1. The van der Waals surface area contributed by atoms with Crippen LogP contribution >= 0.6 is 11.3 Å². The van der Waals surface area contributed by atoms with Crippen molar-refractivity contribution in [1.82, 2.24) is 10.2 Å². The molecule has 0 aliphatic heterocycles. The molecule has 3 aromatic rings. The monoisotopic (exact) mass is 383 g/mol. The number of benzene rings is 2. The van der Waals surface area contributed by atoms with E-state index >= 15 is 0 Å². The van der Waals surface area contributed by atoms with Gasteiger partial charge in [-0.15, -0.1) is 10.2 Å². The molecule has 0 spiro atoms. The number of nitrogens with one attached hydrogen (secondary N) is 1. The van der Waals surface area contributed by atoms with E-state index in [-0.39, 0.29) is 18.4 Å². The Hall–Kier alpha value is -2.93. The minimum absolute atomic E-state index is 0.0964. The number of nitrogens with zero attached hydrogens (tertiary/aromatic N) is 2. The average Bonchev–Trinajstić information content (AvgIpc) is 3.15. The van der Waals surface area contributed by atoms with E-state index in [1.807, 2.05) is 56.3 Å². The third-order valence-electron chi connectivity index (χ3n) is 3.62. The van der Waals surface area contributed by atoms with Crippen LogP contribution in [0.4, 0.5) is 5.13 Å². The molecule has 7 heteroatoms. The molecule has 2 aromatic carbocycles. The SMILES string of the molecule is CC(C)c1nnc(NC(=O)COc2ccc(OCc3ccccc3)cc2)s1. The van der Waals surface area contributed by atoms with Crippen LogP contribution in [0.2, 0.25) is 0 Å². The number of carbonyl (C=O) groups is 1. The molecule has 3 rings (SSSR count). The third kappa shape index (κ3) is 5.79. The van der Waals surface area contributed by atoms with E-state index in [4.69, 9.17) is 9.47 Å². The van der Waals surface area contributed by atoms with Crippen molar-refractivity contribution in [3.8, 4) is 11.5 Å². The van der Waals surface area contributed by atoms with Crippen LogP contribution in [0.15, 0.2) is 54.6 Å². The Morgan fingerprint density at radius 3 is 2.30 bits per heavy atom. The summed E-state index contributed by atoms with van der Waals surface area (Å²) in [4.78, 5) is 12.0. The largest absolute Gasteiger partial charge is 0.489 e. The molecule has 0 atom stereocenters. The lowest BCUT2D eigenvalue weighted by molar-refractivity contribution is -0.118. The van der Waals surface area contributed by atoms with Crippen LogP contribution in [0.5, 0.6) is 11.5 Å². The predicted molar refractivity (Wildman–Crippen MR) is 105 cm³/mol. The maximum Gasteiger partial charge on any atom is 0.264 e. The van der Waals surface area contributed by atoms with Gasteiger partial charge < -0.3 is 9.47 Å². The van der Waals surface area contributed by atoms with Gasteiger partial charge in [-0.3, -0.25) is 10.1 Å². The van der Waals surface area contributed by atoms with Crippen molar-refractivity contribution in [3.63, 3.8) is 0 Å². The summed E-state index contributed by atoms with van der Waals surface area (Å²) >= 11 is 1.37. The first-order valence-electron chi connectivity index (χ1n) is 8.63. The minimum atomic E-state index is -0.272. The Morgan fingerprint density at radius 1 is 1.00 bits per heavy atom. The van der Waals surface area contributed by atoms with Crippen molar-refractivity contribution >= 4 is 22.4 Å². The highest BCUT2D eigenvalue weighted by Gasteiger charge is 2.11. The third-order valence-corrected chi connectivity index (χ3v) is 4.76. The molecule has 0 saturated carbocycles. The van der Waals surface area contributed by atoms with Crippen LogP contribution in [-0.4, -0.2) is 22.7 Å². The van der Waals surface area contributed by atoms with Gasteiger partial charge in [0, 0.05) is 5.92 Å². The summed E-state index contributed by atoms with van der Waals surface area (Å²) in [5.41, 5.74) is 1.10. The van der Waals surface area contributed by atoms with Gasteiger partial charge >= 0.3 is 0 Å². The molecule has 0 saturated heterocycles. The smallest absolute Gasteiger partial charge is 0.264 e. The number of rotatable bonds is 8. The van der Waals surface area contributed by atoms with E-state index in [0.717, 1.165) is 16.3 Å². The van der Waals surface area contributed by atoms with Gasteiger partial charge in [0.05, 0.1) is 0 Å². The summed E-state index contributed by atoms with van der Waals surface area (Å²) in [5, 5.41) is 12.1. The normalized spacial score (nSPS) is 10.6. The number of ether oxygens (including phenoxy) is 2. The van der Waals surface area contributed by atoms with Crippen LogP contribution in [0.3, 0.4) is 0 Å². The molecule has 1 amide bonds. The Morgan fingerprint density at radius 2 is 1.67 bits per heavy atom. The fraction of sp³-hybridized carbons (Fsp3) is 0.250. The van der Waals surface area contributed by atoms with E-state index in [1.165, 1.54) is 11.3 Å². The summed E-state index contributed by atoms with van der Waals surface area (Å²) in [6, 6.07) is 17.1. The first-order chi connectivity index (χ1) is 13.1. The zero-order valence-electron chi connectivity index (χ0n) is 15.2. The first-order valence-corrected chi connectivity index (χ1v) is 9.44. The Labute approximate surface area is 162 Å². The second-order valence-corrected chi connectivity index (χ2v) is 7.19. The van der Waals surface area contributed by atoms with Crippen LogP contribution < -0.4 is 14.8 Å². The number of hydrogen-bond donors (Lipinski definition) is 1. The fourth-order valence-electron chi connectivity index (χ4n) is 2.20. The lowest BCUT2D eigenvalue weighted by atomic mass is 10.2. The van der Waals surface area contributed by atoms with E-state index in [2.05, 4.69) is 15.5 Å². The van der Waals surface area contributed by atoms with Crippen LogP contribution in [-0.2, 0) is 11.4 Å². The molecular formula is C20H21N3O3S. The van der Waals surface area contributed by atoms with E-state index in [0.29, 0.717) is 17.5 Å². The molecule has 0 fully saturated rings. The molecule has 0 aliphatic rings. The molecule has 27 heavy (non-hydrogen) atoms. The molecule has 1 heterocycles. The Balaban J connectivity index is 1.44. The summed E-state index contributed by atoms with van der Waals surface area (Å²) < 4.78 is 11.2. The van der Waals surface area contributed by atoms with Crippen LogP contribution in [0.25, 0.3) is 0 Å². The highest BCUT2D eigenvalue weighted by Crippen LogP contribution is 2.22. The molecule has 1 N–H and O–H groups in total. The van der Waals surface area contributed by atoms with Gasteiger partial charge in [0.15, 0.2) is 6.61 Å². The van der Waals surface area contributed by atoms with Gasteiger partial charge in [0.2, 0.25) is 5.13 Å². The maximum absolute atomic E-state index is 12.0. The molecule has 0 aliphatic carbocycles. The second kappa shape index (κ2) is 9.14. The van der Waals surface area contributed by atoms with Gasteiger partial charge in [-0.2, -0.15) is 0 Å². The number of anilines is 1. The quantitative estimate of drug-likeness (QED) is 0.629. The standard InChI is InChI=1S/C20H21N3O3S/c1-14(2)19-22-23-20(27-19)21-18(24)13-26-17-10-8-16(9-11-17)25-12-15-6-4-3-5-7-15/h3-11,14H,12-13H2,1-2H3,(H,21,23,24). The zero-order valence-corrected chi connectivity index (χ0v) is 16.0. The van der Waals surface area contributed by atoms with E-state index in [1.54, 1.807) is 12.1 Å². The predicted octanol–water partition coefficient (Wildman–Crippen LogP) is 4.26. The summed E-state index contributed by atoms with van der Waals surface area (Å²) in [6.45, 7) is 4.47. The van der Waals surface area contributed by atoms with Crippen molar-refractivity contribution in [1.29, 1.82) is 0 Å². The average molecular weight is 383 g/mol. The second-order valence-electron chi connectivity index (χ2n) is 6.18. The van der Waals surface area contributed by atoms with Gasteiger partial charge in [0.25, 0.3) is 5.91 Å². The minimum Gasteiger partial charge on any atom is -0.489 e. The Bertz CT molecular complexity index is 864. The highest BCUT2D eigenvalue weighted by molar-refractivity contribution is 7.15. The van der Waals surface area contributed by atoms with Crippen molar-refractivity contribution < 1.29 is 14.3 Å². The van der Waals surface area contributed by atoms with Crippen LogP contribution in [0, 0.1) is 0 Å². The first kappa shape index (κ1) is 18.8. The van der Waals surface area contributed by atoms with Gasteiger partial charge in [-0.05, 0) is 29.8 Å². The van der Waals surface area contributed by atoms with Crippen molar-refractivity contribution in [2.45, 2.75) is 26.4 Å². The van der Waals surface area contributed by atoms with Gasteiger partial charge in [-0.1, -0.05) is 55.5 Å². The molecule has 6 nitrogen and oxygen atoms in total. The van der Waals surface area contributed by atoms with Gasteiger partial charge in [0.1, 0.15) is 23.1 Å². The number of carbonyl (C=O) groups excluding carboxylic acids is 1. The molecular weight excluding hydrogens is 362 g/mol. The molecule has 0 radical (unpaired) electrons. The van der Waals surface area contributed by atoms with E-state index in [9.17, 15) is 4.79 Å². The molecule has 0 unspecified atom stereocenters. The molecule has 140 valence electrons. The summed E-state index contributed by atoms with van der Waals surface area (Å²) in [6.07, 6.45) is 0. The lowest BCUT2D eigenvalue weighted by Gasteiger charge is -2.08. The van der Waals surface area contributed by atoms with E-state index < -0.39 is 0 Å². The zero-order chi connectivity index (χ0) is 19.1. The van der Waals surface area contributed by atoms with Crippen molar-refractivity contribution in [3.05, 3.63) is 65.2 Å². The Kier molecular flexibility index (Phi) is 6.38. The molecule has 1 aromatic heterocycles. The van der Waals surface area contributed by atoms with Gasteiger partial charge in [-0.25, -0.2) is 0 Å². The topological polar surface area (TPSA) is 73.3 Å². The fourth-order valence-corrected chi connectivity index (χ4v) is 2.96. The van der Waals surface area contributed by atoms with Crippen LogP contribution in [0.1, 0.15) is 30.3 Å². The number of aromatic nitrogens is 2. The maximum atomic E-state index is 12.0. The summed E-state index contributed by atoms with van der Waals surface area (Å²) in [5.74, 6) is 1.35. The van der Waals surface area contributed by atoms with Crippen molar-refractivity contribution in [2.75, 3.05) is 11.9 Å².